The number of hydrogen-bond donors (Lipinski definition) is 2. The maximum Gasteiger partial charge on any atom is 0.220 e. The third-order valence-corrected chi connectivity index (χ3v) is 2.91. The summed E-state index contributed by atoms with van der Waals surface area (Å²) in [6.07, 6.45) is 1.13. The third-order valence-electron chi connectivity index (χ3n) is 2.91. The average Bonchev–Trinajstić information content (AvgIpc) is 2.32. The molecule has 1 atom stereocenters. The fraction of sp³-hybridized carbons (Fsp3) is 0.462. The Kier molecular flexibility index (Phi) is 4.12. The molecule has 92 valence electrons. The first-order valence-corrected chi connectivity index (χ1v) is 5.93. The highest BCUT2D eigenvalue weighted by atomic mass is 16.5. The van der Waals surface area contributed by atoms with E-state index in [1.54, 1.807) is 0 Å². The quantitative estimate of drug-likeness (QED) is 0.798. The summed E-state index contributed by atoms with van der Waals surface area (Å²) in [5, 5.41) is 2.90. The maximum atomic E-state index is 11.6. The number of benzene rings is 1. The van der Waals surface area contributed by atoms with Crippen LogP contribution in [0.5, 0.6) is 0 Å². The maximum absolute atomic E-state index is 11.6. The number of hydrogen-bond acceptors (Lipinski definition) is 3. The summed E-state index contributed by atoms with van der Waals surface area (Å²) < 4.78 is 4.99. The lowest BCUT2D eigenvalue weighted by atomic mass is 10.0. The first-order chi connectivity index (χ1) is 8.25. The van der Waals surface area contributed by atoms with Crippen molar-refractivity contribution in [2.75, 3.05) is 13.2 Å². The zero-order valence-electron chi connectivity index (χ0n) is 9.76. The van der Waals surface area contributed by atoms with Crippen molar-refractivity contribution in [3.8, 4) is 0 Å². The van der Waals surface area contributed by atoms with Gasteiger partial charge in [-0.25, -0.2) is 0 Å². The molecule has 0 radical (unpaired) electrons. The van der Waals surface area contributed by atoms with E-state index in [9.17, 15) is 4.79 Å². The topological polar surface area (TPSA) is 64.4 Å². The van der Waals surface area contributed by atoms with Crippen molar-refractivity contribution in [1.29, 1.82) is 0 Å². The molecule has 1 aliphatic rings. The van der Waals surface area contributed by atoms with Crippen molar-refractivity contribution in [2.24, 2.45) is 5.73 Å². The molecule has 1 unspecified atom stereocenters. The summed E-state index contributed by atoms with van der Waals surface area (Å²) in [6, 6.07) is 9.99. The highest BCUT2D eigenvalue weighted by Gasteiger charge is 2.20. The summed E-state index contributed by atoms with van der Waals surface area (Å²) in [7, 11) is 0. The van der Waals surface area contributed by atoms with E-state index < -0.39 is 0 Å². The fourth-order valence-electron chi connectivity index (χ4n) is 1.77. The van der Waals surface area contributed by atoms with Crippen LogP contribution in [0.15, 0.2) is 30.3 Å². The fourth-order valence-corrected chi connectivity index (χ4v) is 1.77. The van der Waals surface area contributed by atoms with E-state index in [-0.39, 0.29) is 18.0 Å². The predicted molar refractivity (Wildman–Crippen MR) is 65.4 cm³/mol. The van der Waals surface area contributed by atoms with Gasteiger partial charge in [0.25, 0.3) is 0 Å². The number of nitrogens with two attached hydrogens (primary N) is 1. The Labute approximate surface area is 101 Å². The molecule has 1 saturated heterocycles. The summed E-state index contributed by atoms with van der Waals surface area (Å²) in [6.45, 7) is 1.27. The Morgan fingerprint density at radius 3 is 2.71 bits per heavy atom. The van der Waals surface area contributed by atoms with Crippen LogP contribution < -0.4 is 11.1 Å². The molecule has 1 heterocycles. The van der Waals surface area contributed by atoms with Crippen LogP contribution in [0.3, 0.4) is 0 Å². The molecule has 0 aromatic heterocycles. The summed E-state index contributed by atoms with van der Waals surface area (Å²) in [5.41, 5.74) is 7.09. The van der Waals surface area contributed by atoms with Gasteiger partial charge >= 0.3 is 0 Å². The molecule has 0 aliphatic carbocycles. The minimum Gasteiger partial charge on any atom is -0.377 e. The number of carbonyl (C=O) groups excluding carboxylic acids is 1. The van der Waals surface area contributed by atoms with Gasteiger partial charge in [-0.1, -0.05) is 30.3 Å². The normalized spacial score (nSPS) is 17.2. The Morgan fingerprint density at radius 1 is 1.41 bits per heavy atom. The minimum atomic E-state index is -0.0698. The first kappa shape index (κ1) is 12.1. The van der Waals surface area contributed by atoms with Gasteiger partial charge in [0.15, 0.2) is 0 Å². The molecule has 1 amide bonds. The standard InChI is InChI=1S/C13H18N2O2/c14-12(10-4-2-1-3-5-10)6-7-13(16)15-11-8-17-9-11/h1-5,11-12H,6-9,14H2,(H,15,16). The summed E-state index contributed by atoms with van der Waals surface area (Å²) in [5.74, 6) is 0.0599. The second-order valence-corrected chi connectivity index (χ2v) is 4.36. The SMILES string of the molecule is NC(CCC(=O)NC1COC1)c1ccccc1. The van der Waals surface area contributed by atoms with Crippen molar-refractivity contribution >= 4 is 5.91 Å². The Bertz CT molecular complexity index is 363. The molecule has 0 spiro atoms. The predicted octanol–water partition coefficient (Wildman–Crippen LogP) is 0.982. The van der Waals surface area contributed by atoms with Crippen LogP contribution in [0.2, 0.25) is 0 Å². The van der Waals surface area contributed by atoms with Crippen molar-refractivity contribution < 1.29 is 9.53 Å². The van der Waals surface area contributed by atoms with Gasteiger partial charge in [-0.3, -0.25) is 4.79 Å². The molecule has 0 saturated carbocycles. The Balaban J connectivity index is 1.72. The molecule has 1 aliphatic heterocycles. The van der Waals surface area contributed by atoms with E-state index in [1.807, 2.05) is 30.3 Å². The van der Waals surface area contributed by atoms with Gasteiger partial charge in [0.05, 0.1) is 19.3 Å². The van der Waals surface area contributed by atoms with Gasteiger partial charge < -0.3 is 15.8 Å². The van der Waals surface area contributed by atoms with E-state index in [0.29, 0.717) is 26.1 Å². The van der Waals surface area contributed by atoms with E-state index >= 15 is 0 Å². The molecule has 3 N–H and O–H groups in total. The Morgan fingerprint density at radius 2 is 2.12 bits per heavy atom. The molecule has 17 heavy (non-hydrogen) atoms. The molecular formula is C13H18N2O2. The number of nitrogens with one attached hydrogen (secondary N) is 1. The lowest BCUT2D eigenvalue weighted by Gasteiger charge is -2.27. The van der Waals surface area contributed by atoms with Crippen LogP contribution in [0.4, 0.5) is 0 Å². The van der Waals surface area contributed by atoms with Crippen molar-refractivity contribution in [2.45, 2.75) is 24.9 Å². The lowest BCUT2D eigenvalue weighted by molar-refractivity contribution is -0.125. The summed E-state index contributed by atoms with van der Waals surface area (Å²) >= 11 is 0. The van der Waals surface area contributed by atoms with Crippen molar-refractivity contribution in [3.63, 3.8) is 0 Å². The second-order valence-electron chi connectivity index (χ2n) is 4.36. The zero-order valence-corrected chi connectivity index (χ0v) is 9.76. The van der Waals surface area contributed by atoms with Crippen LogP contribution in [0.1, 0.15) is 24.4 Å². The lowest BCUT2D eigenvalue weighted by Crippen LogP contribution is -2.48. The van der Waals surface area contributed by atoms with Crippen LogP contribution in [0.25, 0.3) is 0 Å². The van der Waals surface area contributed by atoms with E-state index in [4.69, 9.17) is 10.5 Å². The monoisotopic (exact) mass is 234 g/mol. The molecule has 0 bridgehead atoms. The summed E-state index contributed by atoms with van der Waals surface area (Å²) in [4.78, 5) is 11.6. The van der Waals surface area contributed by atoms with E-state index in [0.717, 1.165) is 5.56 Å². The highest BCUT2D eigenvalue weighted by Crippen LogP contribution is 2.15. The smallest absolute Gasteiger partial charge is 0.220 e. The minimum absolute atomic E-state index is 0.0599. The van der Waals surface area contributed by atoms with Crippen LogP contribution in [-0.2, 0) is 9.53 Å². The number of amides is 1. The molecule has 4 nitrogen and oxygen atoms in total. The van der Waals surface area contributed by atoms with Crippen LogP contribution >= 0.6 is 0 Å². The third kappa shape index (κ3) is 3.54. The molecule has 1 aromatic rings. The van der Waals surface area contributed by atoms with Crippen molar-refractivity contribution in [1.82, 2.24) is 5.32 Å². The second kappa shape index (κ2) is 5.80. The Hall–Kier alpha value is -1.39. The van der Waals surface area contributed by atoms with Gasteiger partial charge in [-0.2, -0.15) is 0 Å². The molecule has 1 aromatic carbocycles. The molecular weight excluding hydrogens is 216 g/mol. The number of rotatable bonds is 5. The molecule has 4 heteroatoms. The van der Waals surface area contributed by atoms with Gasteiger partial charge in [0, 0.05) is 12.5 Å². The largest absolute Gasteiger partial charge is 0.377 e. The molecule has 1 fully saturated rings. The van der Waals surface area contributed by atoms with E-state index in [2.05, 4.69) is 5.32 Å². The van der Waals surface area contributed by atoms with Gasteiger partial charge in [-0.05, 0) is 12.0 Å². The van der Waals surface area contributed by atoms with Gasteiger partial charge in [0.1, 0.15) is 0 Å². The van der Waals surface area contributed by atoms with Gasteiger partial charge in [0.2, 0.25) is 5.91 Å². The highest BCUT2D eigenvalue weighted by molar-refractivity contribution is 5.76. The zero-order chi connectivity index (χ0) is 12.1. The number of carbonyl (C=O) groups is 1. The van der Waals surface area contributed by atoms with Crippen LogP contribution in [0, 0.1) is 0 Å². The van der Waals surface area contributed by atoms with E-state index in [1.165, 1.54) is 0 Å². The molecule has 2 rings (SSSR count). The number of ether oxygens (including phenoxy) is 1. The van der Waals surface area contributed by atoms with Crippen molar-refractivity contribution in [3.05, 3.63) is 35.9 Å². The first-order valence-electron chi connectivity index (χ1n) is 5.93. The average molecular weight is 234 g/mol. The van der Waals surface area contributed by atoms with Crippen LogP contribution in [-0.4, -0.2) is 25.2 Å². The van der Waals surface area contributed by atoms with Gasteiger partial charge in [-0.15, -0.1) is 0 Å².